The number of nitrogens with one attached hydrogen (secondary N) is 2. The van der Waals surface area contributed by atoms with E-state index in [1.54, 1.807) is 12.3 Å². The summed E-state index contributed by atoms with van der Waals surface area (Å²) in [5.74, 6) is -0.143. The number of halogens is 2. The third-order valence-electron chi connectivity index (χ3n) is 4.00. The molecule has 30 heavy (non-hydrogen) atoms. The summed E-state index contributed by atoms with van der Waals surface area (Å²) >= 11 is 11.9. The van der Waals surface area contributed by atoms with E-state index < -0.39 is 16.1 Å². The molecule has 0 aliphatic carbocycles. The number of amides is 2. The molecule has 0 unspecified atom stereocenters. The lowest BCUT2D eigenvalue weighted by Gasteiger charge is -2.09. The second-order valence-electron chi connectivity index (χ2n) is 6.19. The third-order valence-corrected chi connectivity index (χ3v) is 5.93. The number of carbonyl (C=O) groups is 1. The summed E-state index contributed by atoms with van der Waals surface area (Å²) in [6.45, 7) is 2.06. The van der Waals surface area contributed by atoms with Crippen LogP contribution in [0.3, 0.4) is 0 Å². The van der Waals surface area contributed by atoms with E-state index in [4.69, 9.17) is 27.9 Å². The molecule has 2 N–H and O–H groups in total. The largest absolute Gasteiger partial charge is 0.481 e. The lowest BCUT2D eigenvalue weighted by atomic mass is 10.1. The van der Waals surface area contributed by atoms with Crippen molar-refractivity contribution in [3.05, 3.63) is 40.3 Å². The molecule has 0 saturated carbocycles. The number of aryl methyl sites for hydroxylation is 1. The lowest BCUT2D eigenvalue weighted by Crippen LogP contribution is -2.35. The Bertz CT molecular complexity index is 1200. The number of sulfonamides is 1. The van der Waals surface area contributed by atoms with Crippen LogP contribution in [0.1, 0.15) is 25.3 Å². The Kier molecular flexibility index (Phi) is 6.64. The Morgan fingerprint density at radius 2 is 2.00 bits per heavy atom. The van der Waals surface area contributed by atoms with E-state index in [-0.39, 0.29) is 27.2 Å². The number of unbranched alkanes of at least 4 members (excludes halogenated alkanes) is 1. The van der Waals surface area contributed by atoms with E-state index >= 15 is 0 Å². The van der Waals surface area contributed by atoms with Gasteiger partial charge in [-0.25, -0.2) is 19.5 Å². The molecule has 160 valence electrons. The number of methoxy groups -OCH3 is 1. The first-order valence-corrected chi connectivity index (χ1v) is 11.1. The zero-order chi connectivity index (χ0) is 21.9. The highest BCUT2D eigenvalue weighted by atomic mass is 35.5. The van der Waals surface area contributed by atoms with E-state index in [0.29, 0.717) is 5.65 Å². The molecule has 0 radical (unpaired) electrons. The van der Waals surface area contributed by atoms with Crippen molar-refractivity contribution in [3.8, 4) is 5.88 Å². The van der Waals surface area contributed by atoms with Crippen LogP contribution in [-0.4, -0.2) is 40.9 Å². The molecule has 0 saturated heterocycles. The molecule has 13 heteroatoms. The van der Waals surface area contributed by atoms with Crippen molar-refractivity contribution in [2.45, 2.75) is 31.2 Å². The molecule has 0 aromatic carbocycles. The standard InChI is InChI=1S/C17H18Cl2N6O4S/c1-3-4-5-10-6-7-12-21-14(19)15(25(12)9-10)30(27,28)24-17(26)23-16-20-11(18)8-13(22-16)29-2/h6-9H,3-5H2,1-2H3,(H2,20,22,23,24,26). The number of rotatable bonds is 7. The van der Waals surface area contributed by atoms with Gasteiger partial charge in [-0.15, -0.1) is 0 Å². The minimum Gasteiger partial charge on any atom is -0.481 e. The molecule has 3 aromatic heterocycles. The second-order valence-corrected chi connectivity index (χ2v) is 8.54. The predicted octanol–water partition coefficient (Wildman–Crippen LogP) is 3.29. The molecule has 0 spiro atoms. The van der Waals surface area contributed by atoms with Crippen molar-refractivity contribution in [1.82, 2.24) is 24.1 Å². The fourth-order valence-corrected chi connectivity index (χ4v) is 4.38. The number of nitrogens with zero attached hydrogens (tertiary/aromatic N) is 4. The van der Waals surface area contributed by atoms with Gasteiger partial charge in [0.1, 0.15) is 10.8 Å². The third kappa shape index (κ3) is 4.91. The van der Waals surface area contributed by atoms with Gasteiger partial charge in [-0.05, 0) is 24.5 Å². The number of carbonyl (C=O) groups excluding carboxylic acids is 1. The molecule has 2 amide bonds. The van der Waals surface area contributed by atoms with Crippen molar-refractivity contribution in [1.29, 1.82) is 0 Å². The van der Waals surface area contributed by atoms with Crippen LogP contribution in [-0.2, 0) is 16.4 Å². The van der Waals surface area contributed by atoms with Gasteiger partial charge < -0.3 is 4.74 Å². The van der Waals surface area contributed by atoms with Gasteiger partial charge in [0.2, 0.25) is 11.8 Å². The van der Waals surface area contributed by atoms with Crippen molar-refractivity contribution < 1.29 is 17.9 Å². The fraction of sp³-hybridized carbons (Fsp3) is 0.294. The molecule has 3 aromatic rings. The Morgan fingerprint density at radius 3 is 2.70 bits per heavy atom. The molecule has 0 atom stereocenters. The normalized spacial score (nSPS) is 11.5. The summed E-state index contributed by atoms with van der Waals surface area (Å²) in [4.78, 5) is 23.9. The van der Waals surface area contributed by atoms with E-state index in [0.717, 1.165) is 24.8 Å². The van der Waals surface area contributed by atoms with Crippen LogP contribution in [0.2, 0.25) is 10.3 Å². The topological polar surface area (TPSA) is 128 Å². The van der Waals surface area contributed by atoms with Crippen LogP contribution in [0.5, 0.6) is 5.88 Å². The van der Waals surface area contributed by atoms with Crippen molar-refractivity contribution in [2.24, 2.45) is 0 Å². The number of anilines is 1. The van der Waals surface area contributed by atoms with E-state index in [2.05, 4.69) is 27.2 Å². The summed E-state index contributed by atoms with van der Waals surface area (Å²) in [5, 5.41) is 1.59. The summed E-state index contributed by atoms with van der Waals surface area (Å²) in [5.41, 5.74) is 1.25. The fourth-order valence-electron chi connectivity index (χ4n) is 2.66. The van der Waals surface area contributed by atoms with Crippen LogP contribution < -0.4 is 14.8 Å². The van der Waals surface area contributed by atoms with Crippen molar-refractivity contribution in [3.63, 3.8) is 0 Å². The highest BCUT2D eigenvalue weighted by Gasteiger charge is 2.27. The number of imidazole rings is 1. The van der Waals surface area contributed by atoms with Crippen LogP contribution in [0.25, 0.3) is 5.65 Å². The minimum atomic E-state index is -4.37. The molecular weight excluding hydrogens is 455 g/mol. The number of pyridine rings is 1. The first-order chi connectivity index (χ1) is 14.2. The Hall–Kier alpha value is -2.63. The van der Waals surface area contributed by atoms with Gasteiger partial charge in [0, 0.05) is 12.3 Å². The van der Waals surface area contributed by atoms with Crippen LogP contribution in [0.15, 0.2) is 29.4 Å². The summed E-state index contributed by atoms with van der Waals surface area (Å²) < 4.78 is 33.8. The van der Waals surface area contributed by atoms with Crippen LogP contribution in [0.4, 0.5) is 10.7 Å². The van der Waals surface area contributed by atoms with Crippen LogP contribution >= 0.6 is 23.2 Å². The first-order valence-electron chi connectivity index (χ1n) is 8.82. The highest BCUT2D eigenvalue weighted by Crippen LogP contribution is 2.24. The van der Waals surface area contributed by atoms with Gasteiger partial charge >= 0.3 is 6.03 Å². The average molecular weight is 473 g/mol. The molecular formula is C17H18Cl2N6O4S. The van der Waals surface area contributed by atoms with Crippen LogP contribution in [0, 0.1) is 0 Å². The maximum atomic E-state index is 12.8. The van der Waals surface area contributed by atoms with Gasteiger partial charge in [-0.3, -0.25) is 9.72 Å². The van der Waals surface area contributed by atoms with Gasteiger partial charge in [0.25, 0.3) is 10.0 Å². The zero-order valence-corrected chi connectivity index (χ0v) is 18.3. The maximum Gasteiger partial charge on any atom is 0.335 e. The Balaban J connectivity index is 1.87. The molecule has 0 aliphatic rings. The van der Waals surface area contributed by atoms with E-state index in [1.165, 1.54) is 17.6 Å². The number of hydrogen-bond donors (Lipinski definition) is 2. The molecule has 0 aliphatic heterocycles. The van der Waals surface area contributed by atoms with E-state index in [9.17, 15) is 13.2 Å². The van der Waals surface area contributed by atoms with Gasteiger partial charge in [0.15, 0.2) is 10.2 Å². The summed E-state index contributed by atoms with van der Waals surface area (Å²) in [6, 6.07) is 3.75. The minimum absolute atomic E-state index is 0.00412. The number of aromatic nitrogens is 4. The number of ether oxygens (including phenoxy) is 1. The quantitative estimate of drug-likeness (QED) is 0.504. The SMILES string of the molecule is CCCCc1ccc2nc(Cl)c(S(=O)(=O)NC(=O)Nc3nc(Cl)cc(OC)n3)n2c1. The zero-order valence-electron chi connectivity index (χ0n) is 16.0. The molecule has 0 bridgehead atoms. The summed E-state index contributed by atoms with van der Waals surface area (Å²) in [6.07, 6.45) is 4.34. The number of urea groups is 1. The Labute approximate surface area is 182 Å². The molecule has 3 heterocycles. The predicted molar refractivity (Wildman–Crippen MR) is 112 cm³/mol. The molecule has 10 nitrogen and oxygen atoms in total. The monoisotopic (exact) mass is 472 g/mol. The molecule has 3 rings (SSSR count). The number of hydrogen-bond acceptors (Lipinski definition) is 7. The van der Waals surface area contributed by atoms with Crippen molar-refractivity contribution in [2.75, 3.05) is 12.4 Å². The average Bonchev–Trinajstić information content (AvgIpc) is 3.00. The maximum absolute atomic E-state index is 12.8. The van der Waals surface area contributed by atoms with Crippen molar-refractivity contribution >= 4 is 50.9 Å². The second kappa shape index (κ2) is 9.02. The highest BCUT2D eigenvalue weighted by molar-refractivity contribution is 7.90. The summed E-state index contributed by atoms with van der Waals surface area (Å²) in [7, 11) is -3.01. The molecule has 0 fully saturated rings. The van der Waals surface area contributed by atoms with Gasteiger partial charge in [0.05, 0.1) is 7.11 Å². The lowest BCUT2D eigenvalue weighted by molar-refractivity contribution is 0.256. The van der Waals surface area contributed by atoms with Gasteiger partial charge in [-0.2, -0.15) is 13.4 Å². The van der Waals surface area contributed by atoms with E-state index in [1.807, 2.05) is 10.8 Å². The number of fused-ring (bicyclic) bond motifs is 1. The smallest absolute Gasteiger partial charge is 0.335 e. The first kappa shape index (κ1) is 22.1. The van der Waals surface area contributed by atoms with Gasteiger partial charge in [-0.1, -0.05) is 42.6 Å². The Morgan fingerprint density at radius 1 is 1.23 bits per heavy atom.